The smallest absolute Gasteiger partial charge is 0.246 e. The third-order valence-corrected chi connectivity index (χ3v) is 4.37. The van der Waals surface area contributed by atoms with Crippen molar-refractivity contribution in [1.29, 1.82) is 0 Å². The zero-order chi connectivity index (χ0) is 15.5. The summed E-state index contributed by atoms with van der Waals surface area (Å²) < 4.78 is 5.66. The Hall–Kier alpha value is -2.07. The highest BCUT2D eigenvalue weighted by molar-refractivity contribution is 5.92. The van der Waals surface area contributed by atoms with Gasteiger partial charge in [-0.15, -0.1) is 0 Å². The van der Waals surface area contributed by atoms with Gasteiger partial charge in [-0.25, -0.2) is 0 Å². The molecule has 1 N–H and O–H groups in total. The minimum atomic E-state index is -0.289. The third kappa shape index (κ3) is 3.22. The second-order valence-electron chi connectivity index (χ2n) is 5.92. The minimum Gasteiger partial charge on any atom is -0.457 e. The Morgan fingerprint density at radius 1 is 1.36 bits per heavy atom. The second-order valence-corrected chi connectivity index (χ2v) is 5.92. The zero-order valence-electron chi connectivity index (χ0n) is 12.7. The van der Waals surface area contributed by atoms with Gasteiger partial charge in [0, 0.05) is 24.6 Å². The van der Waals surface area contributed by atoms with Gasteiger partial charge in [0.1, 0.15) is 11.3 Å². The number of carbonyl (C=O) groups is 1. The van der Waals surface area contributed by atoms with Crippen LogP contribution in [0.4, 0.5) is 0 Å². The SMILES string of the molecule is CC(O)C1CCN(C(=O)C=Cc2cc3ccccc3o2)CC1. The molecule has 116 valence electrons. The Kier molecular flexibility index (Phi) is 4.29. The molecule has 0 radical (unpaired) electrons. The van der Waals surface area contributed by atoms with Crippen LogP contribution in [-0.2, 0) is 4.79 Å². The van der Waals surface area contributed by atoms with Crippen LogP contribution in [-0.4, -0.2) is 35.1 Å². The number of aliphatic hydroxyl groups is 1. The Morgan fingerprint density at radius 2 is 2.09 bits per heavy atom. The molecular weight excluding hydrogens is 278 g/mol. The van der Waals surface area contributed by atoms with E-state index in [1.165, 1.54) is 0 Å². The number of carbonyl (C=O) groups excluding carboxylic acids is 1. The third-order valence-electron chi connectivity index (χ3n) is 4.37. The van der Waals surface area contributed by atoms with Crippen LogP contribution in [0.1, 0.15) is 25.5 Å². The van der Waals surface area contributed by atoms with Gasteiger partial charge in [0.05, 0.1) is 6.10 Å². The van der Waals surface area contributed by atoms with Crippen molar-refractivity contribution in [3.05, 3.63) is 42.2 Å². The number of hydrogen-bond acceptors (Lipinski definition) is 3. The number of nitrogens with zero attached hydrogens (tertiary/aromatic N) is 1. The van der Waals surface area contributed by atoms with Crippen molar-refractivity contribution in [3.8, 4) is 0 Å². The standard InChI is InChI=1S/C18H21NO3/c1-13(20)14-8-10-19(11-9-14)18(21)7-6-16-12-15-4-2-3-5-17(15)22-16/h2-7,12-14,20H,8-11H2,1H3. The van der Waals surface area contributed by atoms with Crippen molar-refractivity contribution in [2.45, 2.75) is 25.9 Å². The van der Waals surface area contributed by atoms with Gasteiger partial charge in [-0.3, -0.25) is 4.79 Å². The number of amides is 1. The van der Waals surface area contributed by atoms with Crippen molar-refractivity contribution in [2.24, 2.45) is 5.92 Å². The number of rotatable bonds is 3. The van der Waals surface area contributed by atoms with E-state index in [0.29, 0.717) is 24.8 Å². The predicted molar refractivity (Wildman–Crippen MR) is 86.2 cm³/mol. The maximum atomic E-state index is 12.2. The van der Waals surface area contributed by atoms with Crippen molar-refractivity contribution in [2.75, 3.05) is 13.1 Å². The van der Waals surface area contributed by atoms with Crippen LogP contribution >= 0.6 is 0 Å². The summed E-state index contributed by atoms with van der Waals surface area (Å²) in [5.74, 6) is 1.00. The monoisotopic (exact) mass is 299 g/mol. The topological polar surface area (TPSA) is 53.7 Å². The molecule has 1 aliphatic rings. The molecule has 1 fully saturated rings. The van der Waals surface area contributed by atoms with Gasteiger partial charge in [0.15, 0.2) is 0 Å². The molecule has 2 heterocycles. The molecule has 1 aromatic carbocycles. The summed E-state index contributed by atoms with van der Waals surface area (Å²) in [5, 5.41) is 10.6. The lowest BCUT2D eigenvalue weighted by Gasteiger charge is -2.32. The number of fused-ring (bicyclic) bond motifs is 1. The summed E-state index contributed by atoms with van der Waals surface area (Å²) >= 11 is 0. The average Bonchev–Trinajstić information content (AvgIpc) is 2.95. The summed E-state index contributed by atoms with van der Waals surface area (Å²) in [4.78, 5) is 14.0. The highest BCUT2D eigenvalue weighted by atomic mass is 16.3. The summed E-state index contributed by atoms with van der Waals surface area (Å²) in [6, 6.07) is 9.71. The molecule has 3 rings (SSSR count). The number of furan rings is 1. The first-order valence-corrected chi connectivity index (χ1v) is 7.77. The lowest BCUT2D eigenvalue weighted by atomic mass is 9.92. The normalized spacial score (nSPS) is 18.2. The van der Waals surface area contributed by atoms with Gasteiger partial charge in [0.2, 0.25) is 5.91 Å². The number of hydrogen-bond donors (Lipinski definition) is 1. The molecule has 0 spiro atoms. The van der Waals surface area contributed by atoms with Crippen LogP contribution in [0.2, 0.25) is 0 Å². The van der Waals surface area contributed by atoms with Crippen LogP contribution in [0, 0.1) is 5.92 Å². The molecule has 1 saturated heterocycles. The molecule has 1 aliphatic heterocycles. The van der Waals surface area contributed by atoms with Crippen molar-refractivity contribution < 1.29 is 14.3 Å². The average molecular weight is 299 g/mol. The number of likely N-dealkylation sites (tertiary alicyclic amines) is 1. The maximum absolute atomic E-state index is 12.2. The van der Waals surface area contributed by atoms with Crippen LogP contribution in [0.25, 0.3) is 17.0 Å². The summed E-state index contributed by atoms with van der Waals surface area (Å²) in [6.07, 6.45) is 4.73. The maximum Gasteiger partial charge on any atom is 0.246 e. The Bertz CT molecular complexity index is 645. The highest BCUT2D eigenvalue weighted by Gasteiger charge is 2.24. The summed E-state index contributed by atoms with van der Waals surface area (Å²) in [5.41, 5.74) is 0.826. The quantitative estimate of drug-likeness (QED) is 0.886. The fourth-order valence-corrected chi connectivity index (χ4v) is 2.95. The molecule has 4 heteroatoms. The molecule has 22 heavy (non-hydrogen) atoms. The molecular formula is C18H21NO3. The van der Waals surface area contributed by atoms with Gasteiger partial charge < -0.3 is 14.4 Å². The molecule has 0 saturated carbocycles. The number of piperidine rings is 1. The van der Waals surface area contributed by atoms with E-state index < -0.39 is 0 Å². The van der Waals surface area contributed by atoms with Gasteiger partial charge in [-0.1, -0.05) is 18.2 Å². The second kappa shape index (κ2) is 6.36. The fraction of sp³-hybridized carbons (Fsp3) is 0.389. The van der Waals surface area contributed by atoms with Crippen molar-refractivity contribution in [1.82, 2.24) is 4.90 Å². The number of benzene rings is 1. The van der Waals surface area contributed by atoms with Crippen LogP contribution in [0.3, 0.4) is 0 Å². The first kappa shape index (κ1) is 14.9. The number of aliphatic hydroxyl groups excluding tert-OH is 1. The molecule has 1 atom stereocenters. The lowest BCUT2D eigenvalue weighted by Crippen LogP contribution is -2.39. The van der Waals surface area contributed by atoms with Gasteiger partial charge >= 0.3 is 0 Å². The van der Waals surface area contributed by atoms with E-state index in [9.17, 15) is 9.90 Å². The Morgan fingerprint density at radius 3 is 2.77 bits per heavy atom. The molecule has 1 amide bonds. The lowest BCUT2D eigenvalue weighted by molar-refractivity contribution is -0.127. The van der Waals surface area contributed by atoms with Crippen molar-refractivity contribution in [3.63, 3.8) is 0 Å². The Labute approximate surface area is 130 Å². The van der Waals surface area contributed by atoms with E-state index in [1.807, 2.05) is 42.2 Å². The Balaban J connectivity index is 1.62. The first-order valence-electron chi connectivity index (χ1n) is 7.77. The molecule has 2 aromatic rings. The van der Waals surface area contributed by atoms with E-state index >= 15 is 0 Å². The molecule has 0 bridgehead atoms. The zero-order valence-corrected chi connectivity index (χ0v) is 12.7. The van der Waals surface area contributed by atoms with Crippen molar-refractivity contribution >= 4 is 23.0 Å². The van der Waals surface area contributed by atoms with E-state index in [1.54, 1.807) is 12.2 Å². The van der Waals surface area contributed by atoms with E-state index in [2.05, 4.69) is 0 Å². The fourth-order valence-electron chi connectivity index (χ4n) is 2.95. The van der Waals surface area contributed by atoms with Crippen LogP contribution < -0.4 is 0 Å². The van der Waals surface area contributed by atoms with Crippen LogP contribution in [0.5, 0.6) is 0 Å². The van der Waals surface area contributed by atoms with Gasteiger partial charge in [-0.2, -0.15) is 0 Å². The summed E-state index contributed by atoms with van der Waals surface area (Å²) in [7, 11) is 0. The van der Waals surface area contributed by atoms with Gasteiger partial charge in [-0.05, 0) is 43.9 Å². The molecule has 4 nitrogen and oxygen atoms in total. The molecule has 0 aliphatic carbocycles. The largest absolute Gasteiger partial charge is 0.457 e. The van der Waals surface area contributed by atoms with E-state index in [-0.39, 0.29) is 12.0 Å². The highest BCUT2D eigenvalue weighted by Crippen LogP contribution is 2.22. The summed E-state index contributed by atoms with van der Waals surface area (Å²) in [6.45, 7) is 3.24. The van der Waals surface area contributed by atoms with E-state index in [4.69, 9.17) is 4.42 Å². The first-order chi connectivity index (χ1) is 10.6. The minimum absolute atomic E-state index is 0.00417. The predicted octanol–water partition coefficient (Wildman–Crippen LogP) is 3.07. The van der Waals surface area contributed by atoms with Gasteiger partial charge in [0.25, 0.3) is 0 Å². The molecule has 1 aromatic heterocycles. The molecule has 1 unspecified atom stereocenters. The van der Waals surface area contributed by atoms with E-state index in [0.717, 1.165) is 23.8 Å². The number of para-hydroxylation sites is 1. The van der Waals surface area contributed by atoms with Crippen LogP contribution in [0.15, 0.2) is 40.8 Å².